The van der Waals surface area contributed by atoms with E-state index in [0.717, 1.165) is 68.3 Å². The molecule has 30 heavy (non-hydrogen) atoms. The van der Waals surface area contributed by atoms with Crippen LogP contribution in [0.5, 0.6) is 0 Å². The molecule has 2 aliphatic heterocycles. The van der Waals surface area contributed by atoms with Gasteiger partial charge in [0.05, 0.1) is 11.8 Å². The Balaban J connectivity index is 0.000000172. The number of aromatic nitrogens is 1. The first-order chi connectivity index (χ1) is 14.5. The number of aliphatic hydroxyl groups excluding tert-OH is 1. The molecule has 3 heterocycles. The van der Waals surface area contributed by atoms with Gasteiger partial charge in [0.1, 0.15) is 11.6 Å². The minimum Gasteiger partial charge on any atom is -0.393 e. The molecule has 2 aliphatic rings. The number of hydrogen-bond acceptors (Lipinski definition) is 6. The van der Waals surface area contributed by atoms with Crippen molar-refractivity contribution >= 4 is 29.0 Å². The predicted octanol–water partition coefficient (Wildman–Crippen LogP) is 4.52. The second-order valence-electron chi connectivity index (χ2n) is 7.82. The van der Waals surface area contributed by atoms with Crippen molar-refractivity contribution in [1.29, 1.82) is 5.41 Å². The lowest BCUT2D eigenvalue weighted by molar-refractivity contribution is 0.145. The summed E-state index contributed by atoms with van der Waals surface area (Å²) in [4.78, 5) is 9.57. The van der Waals surface area contributed by atoms with Crippen LogP contribution in [0.1, 0.15) is 31.2 Å². The standard InChI is InChI=1S/C12H15FN2S.C11H16N2O/c1-16-10-2-3-12(11(13)8-10)15-6-4-9(14)5-7-15;1-9-2-3-11(12-8-9)13-6-4-10(14)5-7-13/h2-3,8,14H,4-7H2,1H3;2-3,8,10,14H,4-7H2,1H3. The smallest absolute Gasteiger partial charge is 0.147 e. The van der Waals surface area contributed by atoms with Crippen LogP contribution in [0.25, 0.3) is 0 Å². The Labute approximate surface area is 182 Å². The molecule has 0 atom stereocenters. The van der Waals surface area contributed by atoms with Crippen molar-refractivity contribution < 1.29 is 9.50 Å². The lowest BCUT2D eigenvalue weighted by Crippen LogP contribution is -2.36. The van der Waals surface area contributed by atoms with E-state index in [0.29, 0.717) is 5.69 Å². The maximum absolute atomic E-state index is 13.8. The van der Waals surface area contributed by atoms with Gasteiger partial charge in [0.15, 0.2) is 0 Å². The van der Waals surface area contributed by atoms with Gasteiger partial charge in [-0.05, 0) is 55.9 Å². The first-order valence-electron chi connectivity index (χ1n) is 10.5. The maximum Gasteiger partial charge on any atom is 0.147 e. The molecule has 0 aliphatic carbocycles. The number of hydrogen-bond donors (Lipinski definition) is 2. The third-order valence-corrected chi connectivity index (χ3v) is 6.27. The SMILES string of the molecule is CSc1ccc(N2CCC(=N)CC2)c(F)c1.Cc1ccc(N2CCC(O)CC2)nc1. The molecule has 1 aromatic heterocycles. The van der Waals surface area contributed by atoms with Gasteiger partial charge < -0.3 is 20.3 Å². The molecule has 0 unspecified atom stereocenters. The first kappa shape index (κ1) is 22.6. The van der Waals surface area contributed by atoms with Crippen LogP contribution in [0.2, 0.25) is 0 Å². The van der Waals surface area contributed by atoms with Crippen molar-refractivity contribution in [2.24, 2.45) is 0 Å². The molecular weight excluding hydrogens is 399 g/mol. The van der Waals surface area contributed by atoms with E-state index < -0.39 is 0 Å². The van der Waals surface area contributed by atoms with Gasteiger partial charge in [0.25, 0.3) is 0 Å². The monoisotopic (exact) mass is 430 g/mol. The Morgan fingerprint density at radius 2 is 1.77 bits per heavy atom. The Morgan fingerprint density at radius 3 is 2.33 bits per heavy atom. The number of pyridine rings is 1. The number of aliphatic hydroxyl groups is 1. The number of thioether (sulfide) groups is 1. The summed E-state index contributed by atoms with van der Waals surface area (Å²) >= 11 is 1.55. The Morgan fingerprint density at radius 1 is 1.07 bits per heavy atom. The summed E-state index contributed by atoms with van der Waals surface area (Å²) in [5.74, 6) is 0.878. The molecule has 5 nitrogen and oxygen atoms in total. The van der Waals surface area contributed by atoms with Crippen LogP contribution < -0.4 is 9.80 Å². The van der Waals surface area contributed by atoms with Crippen molar-refractivity contribution in [1.82, 2.24) is 4.98 Å². The summed E-state index contributed by atoms with van der Waals surface area (Å²) in [5.41, 5.74) is 2.63. The quantitative estimate of drug-likeness (QED) is 0.701. The highest BCUT2D eigenvalue weighted by atomic mass is 32.2. The van der Waals surface area contributed by atoms with Gasteiger partial charge in [-0.3, -0.25) is 0 Å². The van der Waals surface area contributed by atoms with Gasteiger partial charge in [0, 0.05) is 55.8 Å². The molecule has 2 fully saturated rings. The topological polar surface area (TPSA) is 63.5 Å². The van der Waals surface area contributed by atoms with Crippen LogP contribution in [0, 0.1) is 18.2 Å². The first-order valence-corrected chi connectivity index (χ1v) is 11.7. The van der Waals surface area contributed by atoms with Crippen LogP contribution in [0.3, 0.4) is 0 Å². The zero-order valence-electron chi connectivity index (χ0n) is 17.8. The Hall–Kier alpha value is -2.12. The average molecular weight is 431 g/mol. The van der Waals surface area contributed by atoms with E-state index in [4.69, 9.17) is 5.41 Å². The molecule has 0 spiro atoms. The van der Waals surface area contributed by atoms with Gasteiger partial charge in [-0.2, -0.15) is 0 Å². The summed E-state index contributed by atoms with van der Waals surface area (Å²) in [6.45, 7) is 5.38. The largest absolute Gasteiger partial charge is 0.393 e. The molecule has 2 aromatic rings. The normalized spacial score (nSPS) is 17.5. The van der Waals surface area contributed by atoms with E-state index in [1.165, 1.54) is 5.56 Å². The van der Waals surface area contributed by atoms with Crippen molar-refractivity contribution in [2.45, 2.75) is 43.6 Å². The van der Waals surface area contributed by atoms with Crippen molar-refractivity contribution in [3.63, 3.8) is 0 Å². The van der Waals surface area contributed by atoms with Crippen LogP contribution >= 0.6 is 11.8 Å². The number of nitrogens with zero attached hydrogens (tertiary/aromatic N) is 3. The Kier molecular flexibility index (Phi) is 8.10. The fourth-order valence-electron chi connectivity index (χ4n) is 3.63. The summed E-state index contributed by atoms with van der Waals surface area (Å²) < 4.78 is 13.8. The van der Waals surface area contributed by atoms with Crippen molar-refractivity contribution in [3.05, 3.63) is 47.9 Å². The van der Waals surface area contributed by atoms with Gasteiger partial charge in [-0.1, -0.05) is 6.07 Å². The van der Waals surface area contributed by atoms with Gasteiger partial charge in [-0.15, -0.1) is 11.8 Å². The molecule has 1 aromatic carbocycles. The number of nitrogens with one attached hydrogen (secondary N) is 1. The third kappa shape index (κ3) is 6.19. The van der Waals surface area contributed by atoms with Crippen molar-refractivity contribution in [3.8, 4) is 0 Å². The molecular formula is C23H31FN4OS. The Bertz CT molecular complexity index is 828. The van der Waals surface area contributed by atoms with Gasteiger partial charge in [-0.25, -0.2) is 9.37 Å². The highest BCUT2D eigenvalue weighted by Gasteiger charge is 2.18. The highest BCUT2D eigenvalue weighted by molar-refractivity contribution is 7.98. The summed E-state index contributed by atoms with van der Waals surface area (Å²) in [6.07, 6.45) is 6.94. The summed E-state index contributed by atoms with van der Waals surface area (Å²) in [7, 11) is 0. The van der Waals surface area contributed by atoms with E-state index in [2.05, 4.69) is 16.0 Å². The molecule has 2 N–H and O–H groups in total. The molecule has 162 valence electrons. The fourth-order valence-corrected chi connectivity index (χ4v) is 4.06. The van der Waals surface area contributed by atoms with Gasteiger partial charge >= 0.3 is 0 Å². The maximum atomic E-state index is 13.8. The third-order valence-electron chi connectivity index (χ3n) is 5.55. The molecule has 0 amide bonds. The van der Waals surface area contributed by atoms with Crippen LogP contribution in [0.15, 0.2) is 41.4 Å². The van der Waals surface area contributed by atoms with Crippen LogP contribution in [-0.4, -0.2) is 54.3 Å². The zero-order chi connectivity index (χ0) is 21.5. The lowest BCUT2D eigenvalue weighted by Gasteiger charge is -2.30. The molecule has 4 rings (SSSR count). The van der Waals surface area contributed by atoms with E-state index in [1.54, 1.807) is 17.8 Å². The van der Waals surface area contributed by atoms with E-state index in [9.17, 15) is 9.50 Å². The van der Waals surface area contributed by atoms with E-state index in [1.807, 2.05) is 42.5 Å². The predicted molar refractivity (Wildman–Crippen MR) is 124 cm³/mol. The summed E-state index contributed by atoms with van der Waals surface area (Å²) in [6, 6.07) is 9.50. The van der Waals surface area contributed by atoms with Gasteiger partial charge in [0.2, 0.25) is 0 Å². The van der Waals surface area contributed by atoms with Crippen molar-refractivity contribution in [2.75, 3.05) is 42.2 Å². The number of benzene rings is 1. The number of piperidine rings is 2. The molecule has 0 bridgehead atoms. The molecule has 0 saturated carbocycles. The second-order valence-corrected chi connectivity index (χ2v) is 8.70. The lowest BCUT2D eigenvalue weighted by atomic mass is 10.1. The number of anilines is 2. The second kappa shape index (κ2) is 10.8. The average Bonchev–Trinajstić information content (AvgIpc) is 2.76. The number of halogens is 1. The molecule has 2 saturated heterocycles. The highest BCUT2D eigenvalue weighted by Crippen LogP contribution is 2.26. The minimum atomic E-state index is -0.153. The van der Waals surface area contributed by atoms with Crippen LogP contribution in [-0.2, 0) is 0 Å². The van der Waals surface area contributed by atoms with E-state index in [-0.39, 0.29) is 11.9 Å². The van der Waals surface area contributed by atoms with Crippen LogP contribution in [0.4, 0.5) is 15.9 Å². The minimum absolute atomic E-state index is 0.114. The zero-order valence-corrected chi connectivity index (χ0v) is 18.6. The summed E-state index contributed by atoms with van der Waals surface area (Å²) in [5, 5.41) is 16.9. The molecule has 7 heteroatoms. The fraction of sp³-hybridized carbons (Fsp3) is 0.478. The number of rotatable bonds is 3. The number of aryl methyl sites for hydroxylation is 1. The molecule has 0 radical (unpaired) electrons. The van der Waals surface area contributed by atoms with E-state index >= 15 is 0 Å².